The molecule has 0 aliphatic carbocycles. The van der Waals surface area contributed by atoms with Crippen LogP contribution in [0.15, 0.2) is 48.1 Å². The monoisotopic (exact) mass is 391 g/mol. The van der Waals surface area contributed by atoms with Gasteiger partial charge in [0.25, 0.3) is 5.91 Å². The summed E-state index contributed by atoms with van der Waals surface area (Å²) in [4.78, 5) is 20.6. The van der Waals surface area contributed by atoms with Gasteiger partial charge in [-0.25, -0.2) is 18.4 Å². The quantitative estimate of drug-likeness (QED) is 0.514. The van der Waals surface area contributed by atoms with Crippen LogP contribution >= 0.6 is 0 Å². The molecule has 9 heteroatoms. The van der Waals surface area contributed by atoms with Crippen molar-refractivity contribution in [1.82, 2.24) is 9.97 Å². The fourth-order valence-electron chi connectivity index (χ4n) is 2.06. The second-order valence-corrected chi connectivity index (χ2v) is 7.68. The highest BCUT2D eigenvalue weighted by atomic mass is 32.2. The number of nitrogens with one attached hydrogen (secondary N) is 1. The van der Waals surface area contributed by atoms with Crippen molar-refractivity contribution >= 4 is 27.1 Å². The fraction of sp³-hybridized carbons (Fsp3) is 0.278. The number of hydrogen-bond donors (Lipinski definition) is 1. The van der Waals surface area contributed by atoms with Gasteiger partial charge in [-0.3, -0.25) is 4.79 Å². The van der Waals surface area contributed by atoms with E-state index in [1.165, 1.54) is 36.7 Å². The van der Waals surface area contributed by atoms with E-state index in [2.05, 4.69) is 21.9 Å². The highest BCUT2D eigenvalue weighted by molar-refractivity contribution is 7.90. The molecule has 2 rings (SSSR count). The van der Waals surface area contributed by atoms with Gasteiger partial charge in [-0.1, -0.05) is 18.7 Å². The minimum Gasteiger partial charge on any atom is -0.476 e. The van der Waals surface area contributed by atoms with Crippen molar-refractivity contribution in [3.05, 3.63) is 48.8 Å². The first-order valence-corrected chi connectivity index (χ1v) is 9.95. The van der Waals surface area contributed by atoms with Crippen molar-refractivity contribution in [2.75, 3.05) is 31.9 Å². The van der Waals surface area contributed by atoms with Gasteiger partial charge in [-0.05, 0) is 17.7 Å². The first-order chi connectivity index (χ1) is 12.8. The van der Waals surface area contributed by atoms with Crippen molar-refractivity contribution < 1.29 is 22.7 Å². The van der Waals surface area contributed by atoms with Crippen LogP contribution in [0.3, 0.4) is 0 Å². The lowest BCUT2D eigenvalue weighted by atomic mass is 10.1. The first kappa shape index (κ1) is 20.5. The third-order valence-electron chi connectivity index (χ3n) is 3.52. The Morgan fingerprint density at radius 2 is 1.85 bits per heavy atom. The summed E-state index contributed by atoms with van der Waals surface area (Å²) in [6, 6.07) is 5.92. The van der Waals surface area contributed by atoms with E-state index in [0.29, 0.717) is 24.7 Å². The van der Waals surface area contributed by atoms with Crippen LogP contribution in [-0.2, 0) is 19.4 Å². The normalized spacial score (nSPS) is 11.0. The minimum absolute atomic E-state index is 0.173. The Morgan fingerprint density at radius 1 is 1.15 bits per heavy atom. The molecule has 1 aromatic heterocycles. The van der Waals surface area contributed by atoms with E-state index < -0.39 is 15.7 Å². The van der Waals surface area contributed by atoms with Crippen LogP contribution in [0.25, 0.3) is 5.57 Å². The van der Waals surface area contributed by atoms with Crippen LogP contribution in [-0.4, -0.2) is 50.9 Å². The molecule has 0 atom stereocenters. The van der Waals surface area contributed by atoms with Crippen LogP contribution < -0.4 is 10.1 Å². The van der Waals surface area contributed by atoms with Gasteiger partial charge in [0.05, 0.1) is 23.9 Å². The molecule has 0 unspecified atom stereocenters. The molecule has 0 radical (unpaired) electrons. The molecule has 144 valence electrons. The third-order valence-corrected chi connectivity index (χ3v) is 4.65. The summed E-state index contributed by atoms with van der Waals surface area (Å²) in [5.41, 5.74) is 0.683. The average Bonchev–Trinajstić information content (AvgIpc) is 2.65. The zero-order chi connectivity index (χ0) is 19.9. The summed E-state index contributed by atoms with van der Waals surface area (Å²) in [6.07, 6.45) is 4.64. The lowest BCUT2D eigenvalue weighted by Crippen LogP contribution is -2.14. The highest BCUT2D eigenvalue weighted by Gasteiger charge is 2.13. The Kier molecular flexibility index (Phi) is 7.03. The van der Waals surface area contributed by atoms with Crippen molar-refractivity contribution in [1.29, 1.82) is 0 Å². The Balaban J connectivity index is 1.95. The van der Waals surface area contributed by atoms with Gasteiger partial charge in [-0.2, -0.15) is 0 Å². The fourth-order valence-corrected chi connectivity index (χ4v) is 2.69. The number of carbonyl (C=O) groups is 1. The standard InChI is InChI=1S/C18H21N3O5S/c1-13(14-5-7-15(8-6-14)27(3,23)24)18(22)21-16-11-20-17(12-19-16)26-10-4-9-25-2/h5-8,11-12H,1,4,9-10H2,2-3H3,(H,19,21,22). The van der Waals surface area contributed by atoms with Crippen molar-refractivity contribution in [3.8, 4) is 5.88 Å². The van der Waals surface area contributed by atoms with Crippen LogP contribution in [0.4, 0.5) is 5.82 Å². The zero-order valence-corrected chi connectivity index (χ0v) is 16.0. The molecule has 0 saturated carbocycles. The molecule has 0 bridgehead atoms. The Labute approximate surface area is 158 Å². The van der Waals surface area contributed by atoms with Gasteiger partial charge < -0.3 is 14.8 Å². The molecule has 8 nitrogen and oxygen atoms in total. The molecule has 0 saturated heterocycles. The summed E-state index contributed by atoms with van der Waals surface area (Å²) in [6.45, 7) is 4.79. The lowest BCUT2D eigenvalue weighted by molar-refractivity contribution is -0.111. The maximum atomic E-state index is 12.3. The van der Waals surface area contributed by atoms with Gasteiger partial charge in [0.2, 0.25) is 5.88 Å². The second-order valence-electron chi connectivity index (χ2n) is 5.66. The number of nitrogens with zero attached hydrogens (tertiary/aromatic N) is 2. The smallest absolute Gasteiger partial charge is 0.256 e. The van der Waals surface area contributed by atoms with E-state index in [4.69, 9.17) is 9.47 Å². The molecule has 0 fully saturated rings. The molecule has 0 aliphatic heterocycles. The number of carbonyl (C=O) groups excluding carboxylic acids is 1. The molecular weight excluding hydrogens is 370 g/mol. The number of ether oxygens (including phenoxy) is 2. The molecule has 1 N–H and O–H groups in total. The molecule has 1 amide bonds. The van der Waals surface area contributed by atoms with Crippen molar-refractivity contribution in [3.63, 3.8) is 0 Å². The number of amides is 1. The number of hydrogen-bond acceptors (Lipinski definition) is 7. The Morgan fingerprint density at radius 3 is 2.41 bits per heavy atom. The number of methoxy groups -OCH3 is 1. The molecule has 27 heavy (non-hydrogen) atoms. The summed E-state index contributed by atoms with van der Waals surface area (Å²) in [5.74, 6) is 0.127. The Hall–Kier alpha value is -2.78. The SMILES string of the molecule is C=C(C(=O)Nc1cnc(OCCCOC)cn1)c1ccc(S(C)(=O)=O)cc1. The summed E-state index contributed by atoms with van der Waals surface area (Å²) in [5, 5.41) is 2.58. The van der Waals surface area contributed by atoms with E-state index in [9.17, 15) is 13.2 Å². The van der Waals surface area contributed by atoms with E-state index in [1.54, 1.807) is 7.11 Å². The van der Waals surface area contributed by atoms with E-state index in [1.807, 2.05) is 0 Å². The van der Waals surface area contributed by atoms with Crippen molar-refractivity contribution in [2.24, 2.45) is 0 Å². The van der Waals surface area contributed by atoms with Gasteiger partial charge >= 0.3 is 0 Å². The first-order valence-electron chi connectivity index (χ1n) is 8.06. The number of aromatic nitrogens is 2. The number of anilines is 1. The molecule has 2 aromatic rings. The number of sulfone groups is 1. The topological polar surface area (TPSA) is 107 Å². The predicted molar refractivity (Wildman–Crippen MR) is 101 cm³/mol. The van der Waals surface area contributed by atoms with Gasteiger partial charge in [0, 0.05) is 32.0 Å². The summed E-state index contributed by atoms with van der Waals surface area (Å²) in [7, 11) is -1.68. The van der Waals surface area contributed by atoms with Gasteiger partial charge in [0.15, 0.2) is 15.7 Å². The van der Waals surface area contributed by atoms with Crippen molar-refractivity contribution in [2.45, 2.75) is 11.3 Å². The molecule has 1 aromatic carbocycles. The highest BCUT2D eigenvalue weighted by Crippen LogP contribution is 2.18. The van der Waals surface area contributed by atoms with Crippen LogP contribution in [0, 0.1) is 0 Å². The largest absolute Gasteiger partial charge is 0.476 e. The van der Waals surface area contributed by atoms with Gasteiger partial charge in [0.1, 0.15) is 0 Å². The maximum Gasteiger partial charge on any atom is 0.256 e. The summed E-state index contributed by atoms with van der Waals surface area (Å²) >= 11 is 0. The van der Waals surface area contributed by atoms with E-state index in [-0.39, 0.29) is 16.3 Å². The third kappa shape index (κ3) is 6.15. The Bertz CT molecular complexity index is 894. The molecule has 0 aliphatic rings. The molecule has 1 heterocycles. The lowest BCUT2D eigenvalue weighted by Gasteiger charge is -2.09. The minimum atomic E-state index is -3.30. The average molecular weight is 391 g/mol. The van der Waals surface area contributed by atoms with Crippen LogP contribution in [0.5, 0.6) is 5.88 Å². The molecule has 0 spiro atoms. The number of benzene rings is 1. The van der Waals surface area contributed by atoms with Crippen LogP contribution in [0.2, 0.25) is 0 Å². The number of rotatable bonds is 9. The molecular formula is C18H21N3O5S. The predicted octanol–water partition coefficient (Wildman–Crippen LogP) is 1.95. The second kappa shape index (κ2) is 9.24. The zero-order valence-electron chi connectivity index (χ0n) is 15.1. The maximum absolute atomic E-state index is 12.3. The summed E-state index contributed by atoms with van der Waals surface area (Å²) < 4.78 is 33.3. The van der Waals surface area contributed by atoms with Crippen LogP contribution in [0.1, 0.15) is 12.0 Å². The van der Waals surface area contributed by atoms with E-state index >= 15 is 0 Å². The van der Waals surface area contributed by atoms with Gasteiger partial charge in [-0.15, -0.1) is 0 Å². The van der Waals surface area contributed by atoms with E-state index in [0.717, 1.165) is 12.7 Å².